The molecule has 0 radical (unpaired) electrons. The first-order valence-electron chi connectivity index (χ1n) is 8.76. The van der Waals surface area contributed by atoms with Gasteiger partial charge in [0.1, 0.15) is 17.8 Å². The number of amides is 1. The highest BCUT2D eigenvalue weighted by molar-refractivity contribution is 6.05. The molecular weight excluding hydrogens is 372 g/mol. The van der Waals surface area contributed by atoms with Gasteiger partial charge in [-0.3, -0.25) is 14.9 Å². The molecule has 0 fully saturated rings. The predicted octanol–water partition coefficient (Wildman–Crippen LogP) is 3.76. The highest BCUT2D eigenvalue weighted by atomic mass is 16.6. The number of hydrogen-bond acceptors (Lipinski definition) is 7. The van der Waals surface area contributed by atoms with Crippen molar-refractivity contribution in [1.82, 2.24) is 9.97 Å². The number of nitro groups is 1. The normalized spacial score (nSPS) is 10.3. The second-order valence-electron chi connectivity index (χ2n) is 6.56. The van der Waals surface area contributed by atoms with Crippen LogP contribution in [-0.2, 0) is 0 Å². The van der Waals surface area contributed by atoms with Gasteiger partial charge in [-0.2, -0.15) is 0 Å². The third-order valence-electron chi connectivity index (χ3n) is 4.11. The van der Waals surface area contributed by atoms with Crippen molar-refractivity contribution in [1.29, 1.82) is 0 Å². The maximum atomic E-state index is 12.6. The van der Waals surface area contributed by atoms with Crippen molar-refractivity contribution in [2.45, 2.75) is 6.92 Å². The van der Waals surface area contributed by atoms with Crippen LogP contribution in [0.4, 0.5) is 28.6 Å². The molecular formula is C20H20N6O3. The zero-order chi connectivity index (χ0) is 21.0. The number of anilines is 4. The van der Waals surface area contributed by atoms with Crippen molar-refractivity contribution < 1.29 is 9.72 Å². The minimum Gasteiger partial charge on any atom is -0.372 e. The molecule has 0 aliphatic carbocycles. The van der Waals surface area contributed by atoms with Gasteiger partial charge in [0.25, 0.3) is 11.6 Å². The van der Waals surface area contributed by atoms with E-state index in [1.165, 1.54) is 12.4 Å². The topological polar surface area (TPSA) is 113 Å². The van der Waals surface area contributed by atoms with E-state index in [0.717, 1.165) is 11.4 Å². The average molecular weight is 392 g/mol. The first kappa shape index (κ1) is 19.7. The van der Waals surface area contributed by atoms with E-state index in [1.807, 2.05) is 13.0 Å². The van der Waals surface area contributed by atoms with Crippen molar-refractivity contribution in [2.75, 3.05) is 29.6 Å². The van der Waals surface area contributed by atoms with Crippen molar-refractivity contribution in [3.8, 4) is 0 Å². The number of nitrogens with zero attached hydrogens (tertiary/aromatic N) is 4. The zero-order valence-corrected chi connectivity index (χ0v) is 16.2. The summed E-state index contributed by atoms with van der Waals surface area (Å²) < 4.78 is 0. The molecule has 3 aromatic rings. The summed E-state index contributed by atoms with van der Waals surface area (Å²) in [5.41, 5.74) is 2.61. The largest absolute Gasteiger partial charge is 0.372 e. The number of nitrogens with one attached hydrogen (secondary N) is 2. The number of rotatable bonds is 6. The molecule has 148 valence electrons. The van der Waals surface area contributed by atoms with E-state index < -0.39 is 10.8 Å². The number of hydrogen-bond donors (Lipinski definition) is 2. The lowest BCUT2D eigenvalue weighted by Gasteiger charge is -2.13. The molecule has 0 aliphatic heterocycles. The number of carbonyl (C=O) groups excluding carboxylic acids is 1. The smallest absolute Gasteiger partial charge is 0.293 e. The standard InChI is InChI=1S/C20H20N6O3/c1-13-9-19(22-12-21-13)23-15-5-4-6-16(11-15)24-20(27)14-7-8-17(25(2)3)18(10-14)26(28)29/h4-12H,1-3H3,(H,24,27)(H,21,22,23). The van der Waals surface area contributed by atoms with Crippen LogP contribution in [0.25, 0.3) is 0 Å². The zero-order valence-electron chi connectivity index (χ0n) is 16.2. The Kier molecular flexibility index (Phi) is 5.68. The summed E-state index contributed by atoms with van der Waals surface area (Å²) in [6, 6.07) is 13.3. The third-order valence-corrected chi connectivity index (χ3v) is 4.11. The van der Waals surface area contributed by atoms with Gasteiger partial charge in [0, 0.05) is 48.9 Å². The SMILES string of the molecule is Cc1cc(Nc2cccc(NC(=O)c3ccc(N(C)C)c([N+](=O)[O-])c3)c2)ncn1. The van der Waals surface area contributed by atoms with Crippen molar-refractivity contribution in [3.05, 3.63) is 76.2 Å². The lowest BCUT2D eigenvalue weighted by molar-refractivity contribution is -0.384. The van der Waals surface area contributed by atoms with Crippen LogP contribution < -0.4 is 15.5 Å². The number of carbonyl (C=O) groups is 1. The Morgan fingerprint density at radius 3 is 2.52 bits per heavy atom. The van der Waals surface area contributed by atoms with Crippen LogP contribution in [0.5, 0.6) is 0 Å². The Balaban J connectivity index is 1.79. The molecule has 9 heteroatoms. The van der Waals surface area contributed by atoms with Crippen LogP contribution in [0, 0.1) is 17.0 Å². The van der Waals surface area contributed by atoms with Crippen LogP contribution in [0.1, 0.15) is 16.1 Å². The molecule has 0 atom stereocenters. The van der Waals surface area contributed by atoms with E-state index in [2.05, 4.69) is 20.6 Å². The molecule has 0 bridgehead atoms. The van der Waals surface area contributed by atoms with Gasteiger partial charge in [-0.05, 0) is 37.3 Å². The monoisotopic (exact) mass is 392 g/mol. The van der Waals surface area contributed by atoms with Gasteiger partial charge in [-0.25, -0.2) is 9.97 Å². The molecule has 0 saturated heterocycles. The van der Waals surface area contributed by atoms with E-state index in [0.29, 0.717) is 17.2 Å². The Morgan fingerprint density at radius 1 is 1.07 bits per heavy atom. The summed E-state index contributed by atoms with van der Waals surface area (Å²) in [7, 11) is 3.42. The summed E-state index contributed by atoms with van der Waals surface area (Å²) in [6.07, 6.45) is 1.47. The molecule has 0 spiro atoms. The number of nitro benzene ring substituents is 1. The highest BCUT2D eigenvalue weighted by Crippen LogP contribution is 2.28. The fourth-order valence-electron chi connectivity index (χ4n) is 2.74. The van der Waals surface area contributed by atoms with E-state index in [-0.39, 0.29) is 11.3 Å². The Labute approximate surface area is 167 Å². The Morgan fingerprint density at radius 2 is 1.83 bits per heavy atom. The summed E-state index contributed by atoms with van der Waals surface area (Å²) >= 11 is 0. The molecule has 1 amide bonds. The minimum atomic E-state index is -0.500. The summed E-state index contributed by atoms with van der Waals surface area (Å²) in [5, 5.41) is 17.2. The van der Waals surface area contributed by atoms with Gasteiger partial charge in [-0.1, -0.05) is 6.07 Å². The second kappa shape index (κ2) is 8.34. The molecule has 9 nitrogen and oxygen atoms in total. The second-order valence-corrected chi connectivity index (χ2v) is 6.56. The highest BCUT2D eigenvalue weighted by Gasteiger charge is 2.19. The molecule has 29 heavy (non-hydrogen) atoms. The molecule has 0 unspecified atom stereocenters. The Hall–Kier alpha value is -4.01. The predicted molar refractivity (Wildman–Crippen MR) is 112 cm³/mol. The molecule has 3 rings (SSSR count). The fraction of sp³-hybridized carbons (Fsp3) is 0.150. The van der Waals surface area contributed by atoms with Crippen LogP contribution in [0.3, 0.4) is 0 Å². The molecule has 2 aromatic carbocycles. The van der Waals surface area contributed by atoms with Crippen molar-refractivity contribution >= 4 is 34.5 Å². The third kappa shape index (κ3) is 4.83. The Bertz CT molecular complexity index is 1070. The van der Waals surface area contributed by atoms with E-state index in [9.17, 15) is 14.9 Å². The van der Waals surface area contributed by atoms with Gasteiger partial charge in [-0.15, -0.1) is 0 Å². The van der Waals surface area contributed by atoms with E-state index in [4.69, 9.17) is 0 Å². The van der Waals surface area contributed by atoms with Gasteiger partial charge in [0.2, 0.25) is 0 Å². The lowest BCUT2D eigenvalue weighted by atomic mass is 10.1. The van der Waals surface area contributed by atoms with Crippen LogP contribution in [0.15, 0.2) is 54.9 Å². The average Bonchev–Trinajstić information content (AvgIpc) is 2.67. The fourth-order valence-corrected chi connectivity index (χ4v) is 2.74. The van der Waals surface area contributed by atoms with Gasteiger partial charge < -0.3 is 15.5 Å². The molecule has 2 N–H and O–H groups in total. The quantitative estimate of drug-likeness (QED) is 0.485. The maximum Gasteiger partial charge on any atom is 0.293 e. The van der Waals surface area contributed by atoms with Gasteiger partial charge in [0.15, 0.2) is 0 Å². The molecule has 0 aliphatic rings. The first-order chi connectivity index (χ1) is 13.8. The van der Waals surface area contributed by atoms with Crippen molar-refractivity contribution in [2.24, 2.45) is 0 Å². The van der Waals surface area contributed by atoms with Crippen LogP contribution >= 0.6 is 0 Å². The van der Waals surface area contributed by atoms with E-state index >= 15 is 0 Å². The minimum absolute atomic E-state index is 0.128. The number of benzene rings is 2. The first-order valence-corrected chi connectivity index (χ1v) is 8.76. The van der Waals surface area contributed by atoms with E-state index in [1.54, 1.807) is 55.4 Å². The maximum absolute atomic E-state index is 12.6. The molecule has 1 heterocycles. The van der Waals surface area contributed by atoms with Crippen molar-refractivity contribution in [3.63, 3.8) is 0 Å². The number of aromatic nitrogens is 2. The summed E-state index contributed by atoms with van der Waals surface area (Å²) in [5.74, 6) is 0.198. The molecule has 0 saturated carbocycles. The van der Waals surface area contributed by atoms with Crippen LogP contribution in [0.2, 0.25) is 0 Å². The van der Waals surface area contributed by atoms with Crippen LogP contribution in [-0.4, -0.2) is 34.9 Å². The lowest BCUT2D eigenvalue weighted by Crippen LogP contribution is -2.15. The number of aryl methyl sites for hydroxylation is 1. The van der Waals surface area contributed by atoms with Gasteiger partial charge in [0.05, 0.1) is 4.92 Å². The van der Waals surface area contributed by atoms with Gasteiger partial charge >= 0.3 is 0 Å². The molecule has 1 aromatic heterocycles. The summed E-state index contributed by atoms with van der Waals surface area (Å²) in [6.45, 7) is 1.87. The summed E-state index contributed by atoms with van der Waals surface area (Å²) in [4.78, 5) is 33.2.